The zero-order valence-corrected chi connectivity index (χ0v) is 8.51. The summed E-state index contributed by atoms with van der Waals surface area (Å²) in [5.74, 6) is 0. The Labute approximate surface area is 76.5 Å². The highest BCUT2D eigenvalue weighted by Crippen LogP contribution is 2.29. The minimum atomic E-state index is 1.19. The van der Waals surface area contributed by atoms with Crippen LogP contribution in [0.5, 0.6) is 0 Å². The Morgan fingerprint density at radius 1 is 1.09 bits per heavy atom. The topological polar surface area (TPSA) is 0 Å². The summed E-state index contributed by atoms with van der Waals surface area (Å²) in [5.41, 5.74) is 3.83. The summed E-state index contributed by atoms with van der Waals surface area (Å²) in [7, 11) is 7.01. The van der Waals surface area contributed by atoms with Gasteiger partial charge < -0.3 is 0 Å². The second-order valence-corrected chi connectivity index (χ2v) is 3.83. The van der Waals surface area contributed by atoms with Crippen LogP contribution in [0.2, 0.25) is 0 Å². The van der Waals surface area contributed by atoms with Crippen LogP contribution in [0, 0.1) is 20.8 Å². The fourth-order valence-electron chi connectivity index (χ4n) is 1.29. The molecule has 0 aliphatic heterocycles. The Balaban J connectivity index is 3.25. The van der Waals surface area contributed by atoms with E-state index in [9.17, 15) is 0 Å². The van der Waals surface area contributed by atoms with E-state index in [0.29, 0.717) is 0 Å². The minimum absolute atomic E-state index is 1.19. The molecule has 0 aliphatic carbocycles. The first kappa shape index (κ1) is 8.95. The van der Waals surface area contributed by atoms with Gasteiger partial charge in [0, 0.05) is 4.90 Å². The summed E-state index contributed by atoms with van der Waals surface area (Å²) in [6.07, 6.45) is 0. The van der Waals surface area contributed by atoms with Gasteiger partial charge in [0.2, 0.25) is 0 Å². The van der Waals surface area contributed by atoms with Crippen LogP contribution in [0.3, 0.4) is 0 Å². The van der Waals surface area contributed by atoms with Crippen molar-refractivity contribution in [2.75, 3.05) is 0 Å². The maximum Gasteiger partial charge on any atom is 0.0292 e. The molecule has 0 aliphatic rings. The molecule has 1 aromatic carbocycles. The van der Waals surface area contributed by atoms with Crippen molar-refractivity contribution >= 4 is 21.7 Å². The summed E-state index contributed by atoms with van der Waals surface area (Å²) >= 11 is 0. The molecule has 0 spiro atoms. The van der Waals surface area contributed by atoms with Gasteiger partial charge in [-0.25, -0.2) is 0 Å². The average Bonchev–Trinajstić information content (AvgIpc) is 1.85. The van der Waals surface area contributed by atoms with Gasteiger partial charge in [-0.05, 0) is 53.6 Å². The van der Waals surface area contributed by atoms with Gasteiger partial charge in [-0.1, -0.05) is 17.7 Å². The minimum Gasteiger partial charge on any atom is -0.0552 e. The summed E-state index contributed by atoms with van der Waals surface area (Å²) in [6, 6.07) is 4.30. The molecule has 0 N–H and O–H groups in total. The van der Waals surface area contributed by atoms with Crippen molar-refractivity contribution < 1.29 is 0 Å². The predicted octanol–water partition coefficient (Wildman–Crippen LogP) is 3.86. The van der Waals surface area contributed by atoms with Crippen molar-refractivity contribution in [3.8, 4) is 0 Å². The molecular formula is C9H11ClS. The number of rotatable bonds is 1. The largest absolute Gasteiger partial charge is 0.0552 e. The summed E-state index contributed by atoms with van der Waals surface area (Å²) < 4.78 is 0. The van der Waals surface area contributed by atoms with E-state index in [1.54, 1.807) is 0 Å². The van der Waals surface area contributed by atoms with Crippen LogP contribution in [0.15, 0.2) is 17.0 Å². The van der Waals surface area contributed by atoms with E-state index in [1.165, 1.54) is 32.6 Å². The smallest absolute Gasteiger partial charge is 0.0292 e. The van der Waals surface area contributed by atoms with Crippen LogP contribution in [-0.2, 0) is 0 Å². The Kier molecular flexibility index (Phi) is 2.85. The molecule has 0 heterocycles. The molecule has 0 bridgehead atoms. The number of halogens is 1. The van der Waals surface area contributed by atoms with Crippen molar-refractivity contribution in [3.63, 3.8) is 0 Å². The van der Waals surface area contributed by atoms with Gasteiger partial charge in [0.25, 0.3) is 0 Å². The normalized spacial score (nSPS) is 10.2. The molecule has 0 unspecified atom stereocenters. The monoisotopic (exact) mass is 186 g/mol. The number of aryl methyl sites for hydroxylation is 3. The fraction of sp³-hybridized carbons (Fsp3) is 0.333. The van der Waals surface area contributed by atoms with Crippen LogP contribution >= 0.6 is 21.7 Å². The lowest BCUT2D eigenvalue weighted by atomic mass is 10.1. The third kappa shape index (κ3) is 1.91. The third-order valence-electron chi connectivity index (χ3n) is 1.68. The van der Waals surface area contributed by atoms with E-state index >= 15 is 0 Å². The fourth-order valence-corrected chi connectivity index (χ4v) is 2.38. The molecule has 1 aromatic rings. The van der Waals surface area contributed by atoms with Crippen LogP contribution in [0.25, 0.3) is 0 Å². The molecule has 0 nitrogen and oxygen atoms in total. The van der Waals surface area contributed by atoms with E-state index in [2.05, 4.69) is 32.9 Å². The standard InChI is InChI=1S/C9H11ClS/c1-6-4-7(2)9(11-10)8(3)5-6/h4-5H,1-3H3. The van der Waals surface area contributed by atoms with Crippen LogP contribution in [-0.4, -0.2) is 0 Å². The summed E-state index contributed by atoms with van der Waals surface area (Å²) in [5, 5.41) is 0. The van der Waals surface area contributed by atoms with Crippen molar-refractivity contribution in [3.05, 3.63) is 28.8 Å². The maximum absolute atomic E-state index is 5.71. The van der Waals surface area contributed by atoms with Gasteiger partial charge in [-0.15, -0.1) is 0 Å². The predicted molar refractivity (Wildman–Crippen MR) is 52.4 cm³/mol. The van der Waals surface area contributed by atoms with Crippen molar-refractivity contribution in [1.29, 1.82) is 0 Å². The van der Waals surface area contributed by atoms with Gasteiger partial charge in [-0.3, -0.25) is 0 Å². The number of benzene rings is 1. The van der Waals surface area contributed by atoms with E-state index < -0.39 is 0 Å². The molecule has 0 fully saturated rings. The lowest BCUT2D eigenvalue weighted by Gasteiger charge is -2.05. The molecular weight excluding hydrogens is 176 g/mol. The highest BCUT2D eigenvalue weighted by atomic mass is 35.7. The van der Waals surface area contributed by atoms with Gasteiger partial charge in [-0.2, -0.15) is 0 Å². The van der Waals surface area contributed by atoms with Crippen molar-refractivity contribution in [2.24, 2.45) is 0 Å². The third-order valence-corrected chi connectivity index (χ3v) is 2.94. The number of hydrogen-bond acceptors (Lipinski definition) is 1. The zero-order chi connectivity index (χ0) is 8.43. The Morgan fingerprint density at radius 3 is 1.91 bits per heavy atom. The summed E-state index contributed by atoms with van der Waals surface area (Å²) in [4.78, 5) is 1.19. The van der Waals surface area contributed by atoms with E-state index in [0.717, 1.165) is 0 Å². The lowest BCUT2D eigenvalue weighted by Crippen LogP contribution is -1.84. The Morgan fingerprint density at radius 2 is 1.55 bits per heavy atom. The molecule has 0 saturated heterocycles. The first-order valence-corrected chi connectivity index (χ1v) is 5.16. The van der Waals surface area contributed by atoms with Gasteiger partial charge in [0.15, 0.2) is 0 Å². The molecule has 0 amide bonds. The Hall–Kier alpha value is -0.140. The summed E-state index contributed by atoms with van der Waals surface area (Å²) in [6.45, 7) is 6.28. The second-order valence-electron chi connectivity index (χ2n) is 2.80. The zero-order valence-electron chi connectivity index (χ0n) is 6.94. The molecule has 0 aromatic heterocycles. The van der Waals surface area contributed by atoms with Crippen LogP contribution in [0.1, 0.15) is 16.7 Å². The van der Waals surface area contributed by atoms with E-state index in [4.69, 9.17) is 10.7 Å². The Bertz CT molecular complexity index is 245. The molecule has 2 heteroatoms. The molecule has 60 valence electrons. The SMILES string of the molecule is Cc1cc(C)c(SCl)c(C)c1. The first-order chi connectivity index (χ1) is 5.15. The number of hydrogen-bond donors (Lipinski definition) is 0. The molecule has 0 saturated carbocycles. The average molecular weight is 187 g/mol. The van der Waals surface area contributed by atoms with Gasteiger partial charge in [0.05, 0.1) is 0 Å². The van der Waals surface area contributed by atoms with Crippen molar-refractivity contribution in [1.82, 2.24) is 0 Å². The molecule has 1 rings (SSSR count). The van der Waals surface area contributed by atoms with Gasteiger partial charge in [0.1, 0.15) is 0 Å². The van der Waals surface area contributed by atoms with Crippen LogP contribution in [0.4, 0.5) is 0 Å². The maximum atomic E-state index is 5.71. The van der Waals surface area contributed by atoms with Crippen molar-refractivity contribution in [2.45, 2.75) is 25.7 Å². The second kappa shape index (κ2) is 3.51. The highest BCUT2D eigenvalue weighted by Gasteiger charge is 2.01. The highest BCUT2D eigenvalue weighted by molar-refractivity contribution is 8.21. The van der Waals surface area contributed by atoms with E-state index in [1.807, 2.05) is 0 Å². The van der Waals surface area contributed by atoms with Gasteiger partial charge >= 0.3 is 0 Å². The molecule has 0 atom stereocenters. The molecule has 11 heavy (non-hydrogen) atoms. The van der Waals surface area contributed by atoms with E-state index in [-0.39, 0.29) is 0 Å². The molecule has 0 radical (unpaired) electrons. The lowest BCUT2D eigenvalue weighted by molar-refractivity contribution is 1.19. The van der Waals surface area contributed by atoms with Crippen LogP contribution < -0.4 is 0 Å². The quantitative estimate of drug-likeness (QED) is 0.642. The first-order valence-electron chi connectivity index (χ1n) is 3.51.